The van der Waals surface area contributed by atoms with Crippen molar-refractivity contribution in [3.8, 4) is 0 Å². The topological polar surface area (TPSA) is 112 Å². The molecule has 1 unspecified atom stereocenters. The second kappa shape index (κ2) is 11.3. The molecular weight excluding hydrogens is 387 g/mol. The average Bonchev–Trinajstić information content (AvgIpc) is 2.48. The monoisotopic (exact) mass is 422 g/mol. The third-order valence-corrected chi connectivity index (χ3v) is 8.81. The van der Waals surface area contributed by atoms with E-state index in [2.05, 4.69) is 32.9 Å². The van der Waals surface area contributed by atoms with Gasteiger partial charge in [0.1, 0.15) is 0 Å². The smallest absolute Gasteiger partial charge is 0.323 e. The minimum Gasteiger partial charge on any atom is -0.323 e. The first-order valence-corrected chi connectivity index (χ1v) is 12.2. The number of unbranched alkanes of at least 4 members (excludes halogenated alkanes) is 1. The van der Waals surface area contributed by atoms with Crippen LogP contribution in [0, 0.1) is 0 Å². The predicted octanol–water partition coefficient (Wildman–Crippen LogP) is 5.36. The van der Waals surface area contributed by atoms with Crippen molar-refractivity contribution in [2.24, 2.45) is 0 Å². The van der Waals surface area contributed by atoms with E-state index in [0.717, 1.165) is 38.2 Å². The molecule has 0 amide bonds. The maximum atomic E-state index is 11.5. The summed E-state index contributed by atoms with van der Waals surface area (Å²) in [6.45, 7) is 9.17. The molecule has 1 atom stereocenters. The molecule has 0 spiro atoms. The summed E-state index contributed by atoms with van der Waals surface area (Å²) in [5.41, 5.74) is 3.82. The first kappa shape index (κ1) is 26.3. The zero-order valence-corrected chi connectivity index (χ0v) is 18.8. The normalized spacial score (nSPS) is 16.1. The molecule has 0 aromatic carbocycles. The van der Waals surface area contributed by atoms with Gasteiger partial charge in [-0.15, -0.1) is 0 Å². The van der Waals surface area contributed by atoms with Crippen molar-refractivity contribution >= 4 is 17.7 Å². The van der Waals surface area contributed by atoms with Gasteiger partial charge < -0.3 is 9.79 Å². The van der Waals surface area contributed by atoms with Crippen molar-refractivity contribution < 1.29 is 27.3 Å². The highest BCUT2D eigenvalue weighted by Crippen LogP contribution is 2.55. The van der Waals surface area contributed by atoms with Crippen molar-refractivity contribution in [1.82, 2.24) is 0 Å². The van der Waals surface area contributed by atoms with Gasteiger partial charge in [-0.3, -0.25) is 9.12 Å². The Labute approximate surface area is 164 Å². The molecule has 0 radical (unpaired) electrons. The van der Waals surface area contributed by atoms with Crippen molar-refractivity contribution in [1.29, 1.82) is 0 Å². The summed E-state index contributed by atoms with van der Waals surface area (Å²) >= 11 is 0. The fourth-order valence-corrected chi connectivity index (χ4v) is 4.60. The van der Waals surface area contributed by atoms with Gasteiger partial charge in [-0.1, -0.05) is 34.9 Å². The van der Waals surface area contributed by atoms with Crippen LogP contribution in [0.5, 0.6) is 0 Å². The van der Waals surface area contributed by atoms with Gasteiger partial charge in [-0.2, -0.15) is 8.42 Å². The van der Waals surface area contributed by atoms with E-state index in [4.69, 9.17) is 0 Å². The lowest BCUT2D eigenvalue weighted by Gasteiger charge is -2.26. The highest BCUT2D eigenvalue weighted by molar-refractivity contribution is 7.95. The number of rotatable bonds is 12. The van der Waals surface area contributed by atoms with Gasteiger partial charge in [0, 0.05) is 0 Å². The van der Waals surface area contributed by atoms with Crippen molar-refractivity contribution in [3.63, 3.8) is 0 Å². The molecule has 0 aliphatic carbocycles. The number of allylic oxidation sites excluding steroid dienone is 6. The van der Waals surface area contributed by atoms with Crippen LogP contribution in [0.15, 0.2) is 34.9 Å². The Hall–Kier alpha value is -0.720. The molecule has 0 heterocycles. The molecular formula is C19H35O6PS. The summed E-state index contributed by atoms with van der Waals surface area (Å²) in [7, 11) is -9.84. The molecule has 3 N–H and O–H groups in total. The molecule has 27 heavy (non-hydrogen) atoms. The fourth-order valence-electron chi connectivity index (χ4n) is 2.54. The molecule has 0 aliphatic rings. The average molecular weight is 423 g/mol. The third kappa shape index (κ3) is 9.86. The molecule has 0 saturated carbocycles. The van der Waals surface area contributed by atoms with Crippen LogP contribution in [0.25, 0.3) is 0 Å². The molecule has 0 aliphatic heterocycles. The van der Waals surface area contributed by atoms with E-state index >= 15 is 0 Å². The number of hydrogen-bond acceptors (Lipinski definition) is 3. The Morgan fingerprint density at radius 2 is 1.37 bits per heavy atom. The van der Waals surface area contributed by atoms with E-state index in [1.807, 2.05) is 13.0 Å². The van der Waals surface area contributed by atoms with Gasteiger partial charge in [-0.05, 0) is 79.6 Å². The lowest BCUT2D eigenvalue weighted by Crippen LogP contribution is -2.34. The first-order valence-electron chi connectivity index (χ1n) is 9.18. The van der Waals surface area contributed by atoms with E-state index in [1.54, 1.807) is 0 Å². The minimum atomic E-state index is -4.99. The van der Waals surface area contributed by atoms with Crippen LogP contribution in [0.3, 0.4) is 0 Å². The van der Waals surface area contributed by atoms with Gasteiger partial charge >= 0.3 is 7.60 Å². The van der Waals surface area contributed by atoms with Crippen LogP contribution < -0.4 is 0 Å². The lowest BCUT2D eigenvalue weighted by molar-refractivity contribution is 0.337. The van der Waals surface area contributed by atoms with E-state index in [0.29, 0.717) is 6.42 Å². The molecule has 0 aromatic rings. The number of hydrogen-bond donors (Lipinski definition) is 3. The Morgan fingerprint density at radius 3 is 1.78 bits per heavy atom. The fraction of sp³-hybridized carbons (Fsp3) is 0.684. The molecule has 0 rings (SSSR count). The molecule has 8 heteroatoms. The molecule has 158 valence electrons. The predicted molar refractivity (Wildman–Crippen MR) is 111 cm³/mol. The SMILES string of the molecule is CC(C)=CCCC(C)=CCCC(C)=CCCCC(C)(P(=O)(O)O)S(=O)(=O)O. The highest BCUT2D eigenvalue weighted by atomic mass is 32.2. The summed E-state index contributed by atoms with van der Waals surface area (Å²) < 4.78 is 41.0. The maximum Gasteiger partial charge on any atom is 0.348 e. The van der Waals surface area contributed by atoms with Crippen molar-refractivity contribution in [3.05, 3.63) is 34.9 Å². The quantitative estimate of drug-likeness (QED) is 0.169. The second-order valence-corrected chi connectivity index (χ2v) is 11.8. The van der Waals surface area contributed by atoms with Gasteiger partial charge in [0.25, 0.3) is 10.1 Å². The van der Waals surface area contributed by atoms with Gasteiger partial charge in [-0.25, -0.2) is 0 Å². The highest BCUT2D eigenvalue weighted by Gasteiger charge is 2.52. The summed E-state index contributed by atoms with van der Waals surface area (Å²) in [6.07, 6.45) is 10.8. The van der Waals surface area contributed by atoms with Crippen molar-refractivity contribution in [2.75, 3.05) is 0 Å². The van der Waals surface area contributed by atoms with Crippen LogP contribution in [0.1, 0.15) is 79.6 Å². The van der Waals surface area contributed by atoms with Crippen molar-refractivity contribution in [2.45, 2.75) is 84.1 Å². The summed E-state index contributed by atoms with van der Waals surface area (Å²) in [5.74, 6) is 0. The lowest BCUT2D eigenvalue weighted by atomic mass is 10.1. The van der Waals surface area contributed by atoms with Gasteiger partial charge in [0.2, 0.25) is 0 Å². The Kier molecular flexibility index (Phi) is 11.0. The molecule has 0 saturated heterocycles. The van der Waals surface area contributed by atoms with E-state index in [1.165, 1.54) is 11.1 Å². The van der Waals surface area contributed by atoms with Gasteiger partial charge in [0.05, 0.1) is 0 Å². The molecule has 0 fully saturated rings. The van der Waals surface area contributed by atoms with Crippen LogP contribution >= 0.6 is 7.60 Å². The summed E-state index contributed by atoms with van der Waals surface area (Å²) in [6, 6.07) is 0. The second-order valence-electron chi connectivity index (χ2n) is 7.55. The largest absolute Gasteiger partial charge is 0.348 e. The maximum absolute atomic E-state index is 11.5. The zero-order chi connectivity index (χ0) is 21.3. The van der Waals surface area contributed by atoms with Crippen LogP contribution in [-0.2, 0) is 14.7 Å². The molecule has 0 aromatic heterocycles. The summed E-state index contributed by atoms with van der Waals surface area (Å²) in [5, 5.41) is 0. The van der Waals surface area contributed by atoms with Crippen LogP contribution in [0.4, 0.5) is 0 Å². The van der Waals surface area contributed by atoms with E-state index in [9.17, 15) is 27.3 Å². The van der Waals surface area contributed by atoms with E-state index in [-0.39, 0.29) is 12.8 Å². The Bertz CT molecular complexity index is 710. The van der Waals surface area contributed by atoms with Gasteiger partial charge in [0.15, 0.2) is 4.49 Å². The molecule has 6 nitrogen and oxygen atoms in total. The van der Waals surface area contributed by atoms with E-state index < -0.39 is 22.2 Å². The third-order valence-electron chi connectivity index (χ3n) is 4.63. The first-order chi connectivity index (χ1) is 12.2. The standard InChI is InChI=1S/C19H35O6PS/c1-16(2)10-8-12-18(4)14-9-13-17(3)11-6-7-15-19(5,26(20,21)22)27(23,24)25/h10-11,14H,6-9,12-13,15H2,1-5H3,(H2,20,21,22)(H,23,24,25). The molecule has 0 bridgehead atoms. The van der Waals surface area contributed by atoms with Crippen LogP contribution in [-0.4, -0.2) is 27.2 Å². The Balaban J connectivity index is 4.48. The Morgan fingerprint density at radius 1 is 0.926 bits per heavy atom. The van der Waals surface area contributed by atoms with Crippen LogP contribution in [0.2, 0.25) is 0 Å². The summed E-state index contributed by atoms with van der Waals surface area (Å²) in [4.78, 5) is 18.6. The minimum absolute atomic E-state index is 0.260. The zero-order valence-electron chi connectivity index (χ0n) is 17.1.